The number of hydrogen-bond donors (Lipinski definition) is 0. The summed E-state index contributed by atoms with van der Waals surface area (Å²) in [6.07, 6.45) is 0.999. The van der Waals surface area contributed by atoms with Gasteiger partial charge in [-0.1, -0.05) is 0 Å². The van der Waals surface area contributed by atoms with Gasteiger partial charge in [0.05, 0.1) is 8.49 Å². The zero-order chi connectivity index (χ0) is 9.14. The molecule has 0 aromatic carbocycles. The lowest BCUT2D eigenvalue weighted by Crippen LogP contribution is -1.90. The van der Waals surface area contributed by atoms with Gasteiger partial charge in [-0.25, -0.2) is 4.98 Å². The van der Waals surface area contributed by atoms with Crippen LogP contribution in [0.15, 0.2) is 17.4 Å². The smallest absolute Gasteiger partial charge is 0.258 e. The lowest BCUT2D eigenvalue weighted by Gasteiger charge is -1.92. The molecule has 0 unspecified atom stereocenters. The van der Waals surface area contributed by atoms with E-state index >= 15 is 0 Å². The molecule has 0 saturated carbocycles. The summed E-state index contributed by atoms with van der Waals surface area (Å²) in [4.78, 5) is 23.1. The first-order valence-corrected chi connectivity index (χ1v) is 3.86. The number of nitroso groups, excluding NO2 is 1. The number of nitro groups is 1. The second kappa shape index (κ2) is 3.52. The highest BCUT2D eigenvalue weighted by Crippen LogP contribution is 2.22. The number of nitrogens with zero attached hydrogens (tertiary/aromatic N) is 3. The van der Waals surface area contributed by atoms with Crippen molar-refractivity contribution in [3.05, 3.63) is 30.9 Å². The van der Waals surface area contributed by atoms with E-state index in [1.54, 1.807) is 22.6 Å². The van der Waals surface area contributed by atoms with Gasteiger partial charge >= 0.3 is 0 Å². The maximum absolute atomic E-state index is 10.2. The molecule has 1 rings (SSSR count). The number of halogens is 1. The van der Waals surface area contributed by atoms with E-state index in [-0.39, 0.29) is 11.5 Å². The standard InChI is InChI=1S/C5H2IN3O3/c6-4-1-3(9(11)12)2-7-5(4)8-10/h1-2H. The van der Waals surface area contributed by atoms with Crippen molar-refractivity contribution < 1.29 is 4.92 Å². The lowest BCUT2D eigenvalue weighted by atomic mass is 10.4. The van der Waals surface area contributed by atoms with Gasteiger partial charge in [-0.3, -0.25) is 10.1 Å². The maximum atomic E-state index is 10.2. The van der Waals surface area contributed by atoms with Crippen LogP contribution < -0.4 is 0 Å². The second-order valence-corrected chi connectivity index (χ2v) is 3.01. The molecule has 12 heavy (non-hydrogen) atoms. The minimum atomic E-state index is -0.580. The molecule has 62 valence electrons. The number of aromatic nitrogens is 1. The van der Waals surface area contributed by atoms with Crippen LogP contribution in [0.25, 0.3) is 0 Å². The summed E-state index contributed by atoms with van der Waals surface area (Å²) in [5.41, 5.74) is -0.146. The largest absolute Gasteiger partial charge is 0.288 e. The first-order chi connectivity index (χ1) is 5.65. The fourth-order valence-corrected chi connectivity index (χ4v) is 1.14. The van der Waals surface area contributed by atoms with Crippen LogP contribution in [0.3, 0.4) is 0 Å². The van der Waals surface area contributed by atoms with Crippen molar-refractivity contribution in [1.29, 1.82) is 0 Å². The van der Waals surface area contributed by atoms with E-state index in [1.807, 2.05) is 0 Å². The van der Waals surface area contributed by atoms with Crippen molar-refractivity contribution in [2.45, 2.75) is 0 Å². The van der Waals surface area contributed by atoms with Crippen molar-refractivity contribution >= 4 is 34.1 Å². The van der Waals surface area contributed by atoms with Crippen molar-refractivity contribution in [2.75, 3.05) is 0 Å². The molecular formula is C5H2IN3O3. The van der Waals surface area contributed by atoms with Gasteiger partial charge in [0, 0.05) is 6.07 Å². The van der Waals surface area contributed by atoms with E-state index in [0.717, 1.165) is 6.20 Å². The molecule has 0 aliphatic heterocycles. The molecule has 0 radical (unpaired) electrons. The Kier molecular flexibility index (Phi) is 2.63. The molecule has 0 bridgehead atoms. The van der Waals surface area contributed by atoms with Crippen LogP contribution in [0.5, 0.6) is 0 Å². The van der Waals surface area contributed by atoms with Gasteiger partial charge in [-0.05, 0) is 27.8 Å². The molecule has 1 heterocycles. The number of hydrogen-bond acceptors (Lipinski definition) is 5. The normalized spacial score (nSPS) is 9.42. The van der Waals surface area contributed by atoms with Gasteiger partial charge < -0.3 is 0 Å². The van der Waals surface area contributed by atoms with E-state index in [1.165, 1.54) is 6.07 Å². The molecule has 0 N–H and O–H groups in total. The van der Waals surface area contributed by atoms with Gasteiger partial charge in [-0.2, -0.15) is 0 Å². The molecule has 0 fully saturated rings. The maximum Gasteiger partial charge on any atom is 0.288 e. The molecule has 0 aliphatic rings. The zero-order valence-electron chi connectivity index (χ0n) is 5.60. The van der Waals surface area contributed by atoms with Gasteiger partial charge in [0.25, 0.3) is 5.69 Å². The molecule has 1 aromatic heterocycles. The summed E-state index contributed by atoms with van der Waals surface area (Å²) in [5.74, 6) is -0.0267. The predicted molar refractivity (Wildman–Crippen MR) is 49.1 cm³/mol. The Morgan fingerprint density at radius 2 is 2.33 bits per heavy atom. The van der Waals surface area contributed by atoms with Crippen LogP contribution >= 0.6 is 22.6 Å². The van der Waals surface area contributed by atoms with Crippen LogP contribution in [-0.2, 0) is 0 Å². The monoisotopic (exact) mass is 279 g/mol. The minimum absolute atomic E-state index is 0.0267. The minimum Gasteiger partial charge on any atom is -0.258 e. The van der Waals surface area contributed by atoms with E-state index in [2.05, 4.69) is 10.2 Å². The quantitative estimate of drug-likeness (QED) is 0.358. The third-order valence-corrected chi connectivity index (χ3v) is 1.90. The Morgan fingerprint density at radius 3 is 2.75 bits per heavy atom. The summed E-state index contributed by atoms with van der Waals surface area (Å²) in [5, 5.41) is 12.8. The predicted octanol–water partition coefficient (Wildman–Crippen LogP) is 1.99. The van der Waals surface area contributed by atoms with E-state index in [9.17, 15) is 15.0 Å². The fraction of sp³-hybridized carbons (Fsp3) is 0. The number of pyridine rings is 1. The molecular weight excluding hydrogens is 277 g/mol. The summed E-state index contributed by atoms with van der Waals surface area (Å²) in [6, 6.07) is 1.24. The average Bonchev–Trinajstić information content (AvgIpc) is 2.04. The molecule has 0 aliphatic carbocycles. The van der Waals surface area contributed by atoms with Gasteiger partial charge in [0.15, 0.2) is 0 Å². The summed E-state index contributed by atoms with van der Waals surface area (Å²) in [7, 11) is 0. The highest BCUT2D eigenvalue weighted by molar-refractivity contribution is 14.1. The van der Waals surface area contributed by atoms with E-state index < -0.39 is 4.92 Å². The van der Waals surface area contributed by atoms with Crippen LogP contribution in [0.4, 0.5) is 11.5 Å². The van der Waals surface area contributed by atoms with Gasteiger partial charge in [-0.15, -0.1) is 4.91 Å². The summed E-state index contributed by atoms with van der Waals surface area (Å²) in [6.45, 7) is 0. The molecule has 0 amide bonds. The van der Waals surface area contributed by atoms with E-state index in [4.69, 9.17) is 0 Å². The summed E-state index contributed by atoms with van der Waals surface area (Å²) >= 11 is 1.76. The summed E-state index contributed by atoms with van der Waals surface area (Å²) < 4.78 is 0.372. The van der Waals surface area contributed by atoms with Crippen molar-refractivity contribution in [3.8, 4) is 0 Å². The number of rotatable bonds is 2. The van der Waals surface area contributed by atoms with Crippen LogP contribution in [0.2, 0.25) is 0 Å². The second-order valence-electron chi connectivity index (χ2n) is 1.85. The Bertz CT molecular complexity index is 341. The topological polar surface area (TPSA) is 85.5 Å². The van der Waals surface area contributed by atoms with E-state index in [0.29, 0.717) is 3.57 Å². The van der Waals surface area contributed by atoms with Crippen LogP contribution in [-0.4, -0.2) is 9.91 Å². The lowest BCUT2D eigenvalue weighted by molar-refractivity contribution is -0.385. The molecule has 6 nitrogen and oxygen atoms in total. The highest BCUT2D eigenvalue weighted by Gasteiger charge is 2.09. The fourth-order valence-electron chi connectivity index (χ4n) is 0.588. The van der Waals surface area contributed by atoms with Gasteiger partial charge in [0.2, 0.25) is 5.82 Å². The molecule has 0 saturated heterocycles. The molecule has 1 aromatic rings. The third kappa shape index (κ3) is 1.72. The Hall–Kier alpha value is -1.12. The Morgan fingerprint density at radius 1 is 1.67 bits per heavy atom. The highest BCUT2D eigenvalue weighted by atomic mass is 127. The van der Waals surface area contributed by atoms with Crippen LogP contribution in [0, 0.1) is 18.6 Å². The SMILES string of the molecule is O=Nc1ncc([N+](=O)[O-])cc1I. The van der Waals surface area contributed by atoms with Crippen LogP contribution in [0.1, 0.15) is 0 Å². The van der Waals surface area contributed by atoms with Crippen molar-refractivity contribution in [3.63, 3.8) is 0 Å². The van der Waals surface area contributed by atoms with Crippen molar-refractivity contribution in [1.82, 2.24) is 4.98 Å². The van der Waals surface area contributed by atoms with Crippen molar-refractivity contribution in [2.24, 2.45) is 5.18 Å². The first-order valence-electron chi connectivity index (χ1n) is 2.78. The molecule has 7 heteroatoms. The zero-order valence-corrected chi connectivity index (χ0v) is 7.76. The molecule has 0 atom stereocenters. The average molecular weight is 279 g/mol. The Labute approximate surface area is 80.3 Å². The third-order valence-electron chi connectivity index (χ3n) is 1.10. The molecule has 0 spiro atoms. The van der Waals surface area contributed by atoms with Gasteiger partial charge in [0.1, 0.15) is 6.20 Å². The Balaban J connectivity index is 3.18. The first kappa shape index (κ1) is 8.97.